The number of hydrogen-bond donors (Lipinski definition) is 2. The summed E-state index contributed by atoms with van der Waals surface area (Å²) in [5.41, 5.74) is 0.661. The van der Waals surface area contributed by atoms with Crippen molar-refractivity contribution in [2.24, 2.45) is 17.8 Å². The second kappa shape index (κ2) is 16.3. The zero-order chi connectivity index (χ0) is 37.9. The molecule has 2 aromatic carbocycles. The molecule has 14 heteroatoms. The lowest BCUT2D eigenvalue weighted by Gasteiger charge is -2.40. The second-order valence-electron chi connectivity index (χ2n) is 14.1. The molecule has 53 heavy (non-hydrogen) atoms. The van der Waals surface area contributed by atoms with Gasteiger partial charge in [-0.25, -0.2) is 4.68 Å². The number of amides is 3. The number of aliphatic hydroxyl groups excluding tert-OH is 1. The molecular formula is C39H47BrN6O7. The predicted molar refractivity (Wildman–Crippen MR) is 200 cm³/mol. The summed E-state index contributed by atoms with van der Waals surface area (Å²) in [6, 6.07) is 14.6. The van der Waals surface area contributed by atoms with E-state index in [-0.39, 0.29) is 55.9 Å². The molecule has 13 nitrogen and oxygen atoms in total. The van der Waals surface area contributed by atoms with Crippen molar-refractivity contribution < 1.29 is 33.8 Å². The summed E-state index contributed by atoms with van der Waals surface area (Å²) in [6.07, 6.45) is 3.29. The van der Waals surface area contributed by atoms with Crippen LogP contribution in [0.25, 0.3) is 11.0 Å². The molecule has 2 N–H and O–H groups in total. The summed E-state index contributed by atoms with van der Waals surface area (Å²) in [5.74, 6) is -4.04. The Kier molecular flexibility index (Phi) is 11.8. The number of halogens is 1. The Morgan fingerprint density at radius 3 is 2.60 bits per heavy atom. The zero-order valence-electron chi connectivity index (χ0n) is 30.1. The molecule has 4 heterocycles. The molecule has 3 aliphatic heterocycles. The van der Waals surface area contributed by atoms with Gasteiger partial charge in [-0.1, -0.05) is 96.0 Å². The average Bonchev–Trinajstić information content (AvgIpc) is 3.89. The summed E-state index contributed by atoms with van der Waals surface area (Å²) in [7, 11) is 0. The summed E-state index contributed by atoms with van der Waals surface area (Å²) in [6.45, 7) is 11.2. The summed E-state index contributed by atoms with van der Waals surface area (Å²) < 4.78 is 14.6. The number of aliphatic hydroxyl groups is 1. The second-order valence-corrected chi connectivity index (χ2v) is 15.3. The topological polar surface area (TPSA) is 156 Å². The number of benzene rings is 2. The van der Waals surface area contributed by atoms with Crippen LogP contribution in [0.3, 0.4) is 0 Å². The Hall–Kier alpha value is -4.40. The molecule has 1 spiro atoms. The first kappa shape index (κ1) is 38.3. The van der Waals surface area contributed by atoms with Crippen LogP contribution in [0, 0.1) is 17.8 Å². The number of alkyl halides is 1. The molecule has 1 aromatic heterocycles. The fraction of sp³-hybridized carbons (Fsp3) is 0.487. The van der Waals surface area contributed by atoms with Crippen LogP contribution in [-0.4, -0.2) is 102 Å². The number of aromatic nitrogens is 3. The van der Waals surface area contributed by atoms with Crippen molar-refractivity contribution in [3.63, 3.8) is 0 Å². The van der Waals surface area contributed by atoms with E-state index >= 15 is 4.79 Å². The highest BCUT2D eigenvalue weighted by molar-refractivity contribution is 9.09. The highest BCUT2D eigenvalue weighted by Crippen LogP contribution is 2.61. The molecule has 0 saturated carbocycles. The maximum absolute atomic E-state index is 15.1. The van der Waals surface area contributed by atoms with E-state index in [0.29, 0.717) is 23.9 Å². The van der Waals surface area contributed by atoms with Gasteiger partial charge >= 0.3 is 5.97 Å². The van der Waals surface area contributed by atoms with Crippen molar-refractivity contribution >= 4 is 50.7 Å². The van der Waals surface area contributed by atoms with Gasteiger partial charge in [-0.05, 0) is 36.5 Å². The van der Waals surface area contributed by atoms with Gasteiger partial charge in [0.25, 0.3) is 0 Å². The third kappa shape index (κ3) is 7.16. The lowest BCUT2D eigenvalue weighted by molar-refractivity contribution is -0.161. The van der Waals surface area contributed by atoms with Crippen LogP contribution in [-0.2, 0) is 35.3 Å². The molecule has 3 fully saturated rings. The maximum Gasteiger partial charge on any atom is 0.313 e. The summed E-state index contributed by atoms with van der Waals surface area (Å²) in [5, 5.41) is 22.2. The van der Waals surface area contributed by atoms with Crippen LogP contribution in [0.2, 0.25) is 0 Å². The number of esters is 1. The van der Waals surface area contributed by atoms with Crippen LogP contribution in [0.4, 0.5) is 0 Å². The zero-order valence-corrected chi connectivity index (χ0v) is 31.6. The normalized spacial score (nSPS) is 26.2. The molecule has 0 radical (unpaired) electrons. The smallest absolute Gasteiger partial charge is 0.313 e. The number of rotatable bonds is 17. The lowest BCUT2D eigenvalue weighted by Crippen LogP contribution is -2.60. The number of allylic oxidation sites excluding steroid dienone is 1. The molecular weight excluding hydrogens is 744 g/mol. The van der Waals surface area contributed by atoms with Crippen molar-refractivity contribution in [3.05, 3.63) is 85.5 Å². The average molecular weight is 792 g/mol. The highest BCUT2D eigenvalue weighted by atomic mass is 79.9. The quantitative estimate of drug-likeness (QED) is 0.118. The Balaban J connectivity index is 1.36. The van der Waals surface area contributed by atoms with E-state index in [2.05, 4.69) is 44.7 Å². The van der Waals surface area contributed by atoms with Gasteiger partial charge in [0.1, 0.15) is 29.9 Å². The van der Waals surface area contributed by atoms with Crippen LogP contribution >= 0.6 is 15.9 Å². The van der Waals surface area contributed by atoms with Gasteiger partial charge in [-0.3, -0.25) is 19.2 Å². The number of carbonyl (C=O) groups is 4. The fourth-order valence-corrected chi connectivity index (χ4v) is 9.10. The third-order valence-electron chi connectivity index (χ3n) is 11.0. The molecule has 3 saturated heterocycles. The monoisotopic (exact) mass is 790 g/mol. The molecule has 3 amide bonds. The molecule has 282 valence electrons. The predicted octanol–water partition coefficient (Wildman–Crippen LogP) is 3.93. The first-order valence-corrected chi connectivity index (χ1v) is 19.1. The Bertz CT molecular complexity index is 1840. The van der Waals surface area contributed by atoms with E-state index in [1.807, 2.05) is 68.4 Å². The first-order chi connectivity index (χ1) is 25.6. The largest absolute Gasteiger partial charge is 0.455 e. The van der Waals surface area contributed by atoms with Gasteiger partial charge in [0.15, 0.2) is 0 Å². The van der Waals surface area contributed by atoms with E-state index < -0.39 is 59.5 Å². The minimum atomic E-state index is -1.40. The first-order valence-electron chi connectivity index (χ1n) is 18.2. The lowest BCUT2D eigenvalue weighted by atomic mass is 9.70. The number of nitrogens with one attached hydrogen (secondary N) is 1. The van der Waals surface area contributed by atoms with Crippen LogP contribution < -0.4 is 5.32 Å². The Morgan fingerprint density at radius 1 is 1.17 bits per heavy atom. The molecule has 9 atom stereocenters. The van der Waals surface area contributed by atoms with E-state index in [0.717, 1.165) is 5.52 Å². The van der Waals surface area contributed by atoms with Gasteiger partial charge in [0.2, 0.25) is 17.7 Å². The van der Waals surface area contributed by atoms with Crippen LogP contribution in [0.5, 0.6) is 0 Å². The van der Waals surface area contributed by atoms with Crippen LogP contribution in [0.15, 0.2) is 79.9 Å². The number of fused-ring (bicyclic) bond motifs is 2. The number of carbonyl (C=O) groups excluding carboxylic acids is 4. The minimum Gasteiger partial charge on any atom is -0.455 e. The van der Waals surface area contributed by atoms with Crippen LogP contribution in [0.1, 0.15) is 51.2 Å². The van der Waals surface area contributed by atoms with Crippen molar-refractivity contribution in [2.75, 3.05) is 19.7 Å². The molecule has 3 aromatic rings. The van der Waals surface area contributed by atoms with E-state index in [1.165, 1.54) is 4.90 Å². The molecule has 6 rings (SSSR count). The summed E-state index contributed by atoms with van der Waals surface area (Å²) in [4.78, 5) is 59.6. The highest BCUT2D eigenvalue weighted by Gasteiger charge is 2.77. The number of ether oxygens (including phenoxy) is 2. The van der Waals surface area contributed by atoms with E-state index in [9.17, 15) is 19.5 Å². The van der Waals surface area contributed by atoms with E-state index in [4.69, 9.17) is 9.47 Å². The maximum atomic E-state index is 15.1. The van der Waals surface area contributed by atoms with Crippen molar-refractivity contribution in [1.29, 1.82) is 0 Å². The molecule has 1 unspecified atom stereocenters. The number of hydrogen-bond acceptors (Lipinski definition) is 9. The van der Waals surface area contributed by atoms with Crippen molar-refractivity contribution in [3.8, 4) is 0 Å². The van der Waals surface area contributed by atoms with Crippen molar-refractivity contribution in [2.45, 2.75) is 80.9 Å². The minimum absolute atomic E-state index is 0.0156. The Labute approximate surface area is 317 Å². The van der Waals surface area contributed by atoms with Gasteiger partial charge in [0, 0.05) is 17.8 Å². The number of nitrogens with zero attached hydrogens (tertiary/aromatic N) is 5. The van der Waals surface area contributed by atoms with Gasteiger partial charge < -0.3 is 29.7 Å². The van der Waals surface area contributed by atoms with E-state index in [1.54, 1.807) is 21.7 Å². The van der Waals surface area contributed by atoms with Gasteiger partial charge in [-0.2, -0.15) is 0 Å². The van der Waals surface area contributed by atoms with Gasteiger partial charge in [0.05, 0.1) is 42.6 Å². The number of likely N-dealkylation sites (tertiary alicyclic amines) is 1. The molecule has 2 bridgehead atoms. The van der Waals surface area contributed by atoms with Crippen molar-refractivity contribution in [1.82, 2.24) is 30.1 Å². The SMILES string of the molecule is C=CCCC(=O)NC[C@@H](OC(=O)[C@@H]1[C@H]2O[C@@]3(CC2Br)[C@H](C(=O)N(CC=C)Cn2nnc4ccccc42)N([C@@H](CO)[C@@H](C)CC)C(=O)[C@@H]13)c1ccccc1. The standard InChI is InChI=1S/C39H47BrN6O7/c1-5-8-18-31(48)41-21-30(25-14-10-9-11-15-25)52-38(51)32-33-36(49)46(29(22-47)24(4)7-3)35(39(33)20-26(40)34(32)53-39)37(50)44(19-6-2)23-45-28-17-13-12-16-27(28)42-43-45/h5-6,9-17,24,26,29-30,32-35,47H,1-2,7-8,18-23H2,3-4H3,(H,41,48)/t24-,26?,29-,30+,32-,33+,34-,35-,39+/m0/s1. The molecule has 0 aliphatic carbocycles. The van der Waals surface area contributed by atoms with Gasteiger partial charge in [-0.15, -0.1) is 18.3 Å². The Morgan fingerprint density at radius 2 is 1.91 bits per heavy atom. The fourth-order valence-electron chi connectivity index (χ4n) is 8.16. The third-order valence-corrected chi connectivity index (χ3v) is 11.8. The number of para-hydroxylation sites is 1. The summed E-state index contributed by atoms with van der Waals surface area (Å²) >= 11 is 3.74. The molecule has 3 aliphatic rings.